The number of hydrogen-bond acceptors (Lipinski definition) is 7. The van der Waals surface area contributed by atoms with Crippen LogP contribution in [0.25, 0.3) is 0 Å². The first-order chi connectivity index (χ1) is 15.3. The van der Waals surface area contributed by atoms with Crippen LogP contribution in [-0.2, 0) is 19.1 Å². The first-order valence-electron chi connectivity index (χ1n) is 10.2. The third kappa shape index (κ3) is 4.83. The van der Waals surface area contributed by atoms with Crippen LogP contribution in [0.4, 0.5) is 0 Å². The molecule has 3 atom stereocenters. The highest BCUT2D eigenvalue weighted by atomic mass is 32.2. The number of hydrogen-bond donors (Lipinski definition) is 3. The number of allylic oxidation sites excluding steroid dienone is 4. The second kappa shape index (κ2) is 9.95. The van der Waals surface area contributed by atoms with Gasteiger partial charge in [-0.05, 0) is 44.0 Å². The molecule has 3 N–H and O–H groups in total. The van der Waals surface area contributed by atoms with Crippen molar-refractivity contribution in [1.82, 2.24) is 15.5 Å². The lowest BCUT2D eigenvalue weighted by Crippen LogP contribution is -2.70. The zero-order valence-corrected chi connectivity index (χ0v) is 19.2. The summed E-state index contributed by atoms with van der Waals surface area (Å²) < 4.78 is 4.63. The normalized spacial score (nSPS) is 21.7. The molecule has 0 saturated carbocycles. The summed E-state index contributed by atoms with van der Waals surface area (Å²) in [5.74, 6) is -0.286. The Morgan fingerprint density at radius 3 is 2.62 bits per heavy atom. The van der Waals surface area contributed by atoms with Crippen molar-refractivity contribution in [3.05, 3.63) is 65.0 Å². The molecule has 2 amide bonds. The first kappa shape index (κ1) is 23.5. The second-order valence-corrected chi connectivity index (χ2v) is 8.63. The molecule has 2 aliphatic rings. The molecule has 1 saturated heterocycles. The number of fused-ring (bicyclic) bond motifs is 1. The van der Waals surface area contributed by atoms with Gasteiger partial charge in [0.2, 0.25) is 5.91 Å². The van der Waals surface area contributed by atoms with Crippen molar-refractivity contribution in [2.45, 2.75) is 38.2 Å². The first-order valence-corrected chi connectivity index (χ1v) is 11.2. The number of phenolic OH excluding ortho intramolecular Hbond substituents is 1. The van der Waals surface area contributed by atoms with E-state index in [9.17, 15) is 19.5 Å². The van der Waals surface area contributed by atoms with Gasteiger partial charge in [-0.15, -0.1) is 11.8 Å². The quantitative estimate of drug-likeness (QED) is 0.328. The van der Waals surface area contributed by atoms with E-state index in [2.05, 4.69) is 15.4 Å². The predicted octanol–water partition coefficient (Wildman–Crippen LogP) is 2.35. The van der Waals surface area contributed by atoms with Gasteiger partial charge in [-0.25, -0.2) is 4.79 Å². The van der Waals surface area contributed by atoms with Crippen LogP contribution in [0, 0.1) is 0 Å². The molecule has 3 rings (SSSR count). The zero-order valence-electron chi connectivity index (χ0n) is 18.4. The highest BCUT2D eigenvalue weighted by molar-refractivity contribution is 8.00. The fourth-order valence-electron chi connectivity index (χ4n) is 3.64. The summed E-state index contributed by atoms with van der Waals surface area (Å²) in [4.78, 5) is 39.3. The van der Waals surface area contributed by atoms with Crippen LogP contribution in [-0.4, -0.2) is 52.1 Å². The average Bonchev–Trinajstić information content (AvgIpc) is 2.77. The molecule has 32 heavy (non-hydrogen) atoms. The Labute approximate surface area is 191 Å². The Kier molecular flexibility index (Phi) is 7.29. The van der Waals surface area contributed by atoms with E-state index in [1.807, 2.05) is 26.0 Å². The van der Waals surface area contributed by atoms with Crippen molar-refractivity contribution in [1.29, 1.82) is 0 Å². The van der Waals surface area contributed by atoms with Crippen LogP contribution >= 0.6 is 11.8 Å². The topological polar surface area (TPSA) is 108 Å². The minimum atomic E-state index is -0.873. The summed E-state index contributed by atoms with van der Waals surface area (Å²) >= 11 is 1.61. The Morgan fingerprint density at radius 1 is 1.31 bits per heavy atom. The van der Waals surface area contributed by atoms with Gasteiger partial charge in [-0.3, -0.25) is 14.5 Å². The van der Waals surface area contributed by atoms with Crippen LogP contribution in [0.2, 0.25) is 0 Å². The summed E-state index contributed by atoms with van der Waals surface area (Å²) in [5.41, 5.74) is 3.00. The van der Waals surface area contributed by atoms with Gasteiger partial charge >= 0.3 is 5.97 Å². The molecule has 1 fully saturated rings. The number of amides is 2. The molecule has 1 aromatic rings. The van der Waals surface area contributed by atoms with Gasteiger partial charge in [-0.2, -0.15) is 0 Å². The number of benzene rings is 1. The van der Waals surface area contributed by atoms with Gasteiger partial charge in [-0.1, -0.05) is 24.3 Å². The van der Waals surface area contributed by atoms with Gasteiger partial charge in [0.15, 0.2) is 0 Å². The van der Waals surface area contributed by atoms with Gasteiger partial charge in [0, 0.05) is 23.2 Å². The van der Waals surface area contributed by atoms with E-state index in [4.69, 9.17) is 0 Å². The summed E-state index contributed by atoms with van der Waals surface area (Å²) in [7, 11) is 1.27. The van der Waals surface area contributed by atoms with Gasteiger partial charge in [0.25, 0.3) is 5.91 Å². The standard InChI is InChI=1S/C23H27N3O5S/c1-5-6-16-12-32-23-20(22(30)26(23)14(16)3)25-21(29)19(15-7-9-17(27)10-8-15)24-13(2)11-18(28)31-4/h5-11,19-20,23-24,27H,12H2,1-4H3,(H,25,29)/b6-5-,13-11+/t19?,20-,23-/m1/s1. The second-order valence-electron chi connectivity index (χ2n) is 7.53. The minimum Gasteiger partial charge on any atom is -0.508 e. The average molecular weight is 458 g/mol. The Balaban J connectivity index is 1.79. The number of esters is 1. The highest BCUT2D eigenvalue weighted by Crippen LogP contribution is 2.40. The van der Waals surface area contributed by atoms with Crippen LogP contribution in [0.3, 0.4) is 0 Å². The fourth-order valence-corrected chi connectivity index (χ4v) is 5.08. The largest absolute Gasteiger partial charge is 0.508 e. The number of methoxy groups -OCH3 is 1. The predicted molar refractivity (Wildman–Crippen MR) is 122 cm³/mol. The van der Waals surface area contributed by atoms with E-state index in [0.717, 1.165) is 17.0 Å². The highest BCUT2D eigenvalue weighted by Gasteiger charge is 2.51. The lowest BCUT2D eigenvalue weighted by molar-refractivity contribution is -0.146. The van der Waals surface area contributed by atoms with Gasteiger partial charge < -0.3 is 20.5 Å². The zero-order chi connectivity index (χ0) is 23.4. The Hall–Kier alpha value is -3.20. The van der Waals surface area contributed by atoms with E-state index in [1.165, 1.54) is 25.3 Å². The molecule has 170 valence electrons. The number of aromatic hydroxyl groups is 1. The van der Waals surface area contributed by atoms with Crippen LogP contribution < -0.4 is 10.6 Å². The molecule has 9 heteroatoms. The van der Waals surface area contributed by atoms with Crippen molar-refractivity contribution < 1.29 is 24.2 Å². The molecular weight excluding hydrogens is 430 g/mol. The number of nitrogens with zero attached hydrogens (tertiary/aromatic N) is 1. The maximum atomic E-state index is 13.2. The molecule has 0 bridgehead atoms. The van der Waals surface area contributed by atoms with Crippen molar-refractivity contribution >= 4 is 29.5 Å². The van der Waals surface area contributed by atoms with Crippen molar-refractivity contribution in [2.75, 3.05) is 12.9 Å². The lowest BCUT2D eigenvalue weighted by atomic mass is 10.0. The number of β-lactam (4-membered cyclic amide) rings is 1. The molecule has 0 aliphatic carbocycles. The maximum absolute atomic E-state index is 13.2. The number of carbonyl (C=O) groups excluding carboxylic acids is 3. The molecule has 1 unspecified atom stereocenters. The number of rotatable bonds is 7. The molecule has 0 radical (unpaired) electrons. The summed E-state index contributed by atoms with van der Waals surface area (Å²) in [6.45, 7) is 5.49. The Bertz CT molecular complexity index is 999. The van der Waals surface area contributed by atoms with Crippen LogP contribution in [0.5, 0.6) is 5.75 Å². The van der Waals surface area contributed by atoms with E-state index in [0.29, 0.717) is 11.3 Å². The van der Waals surface area contributed by atoms with Gasteiger partial charge in [0.1, 0.15) is 23.2 Å². The van der Waals surface area contributed by atoms with E-state index in [-0.39, 0.29) is 17.0 Å². The lowest BCUT2D eigenvalue weighted by Gasteiger charge is -2.50. The van der Waals surface area contributed by atoms with Crippen molar-refractivity contribution in [3.63, 3.8) is 0 Å². The van der Waals surface area contributed by atoms with Crippen molar-refractivity contribution in [3.8, 4) is 5.75 Å². The third-order valence-electron chi connectivity index (χ3n) is 5.34. The molecule has 0 aromatic heterocycles. The minimum absolute atomic E-state index is 0.0670. The van der Waals surface area contributed by atoms with E-state index in [1.54, 1.807) is 35.7 Å². The van der Waals surface area contributed by atoms with Crippen LogP contribution in [0.15, 0.2) is 59.5 Å². The van der Waals surface area contributed by atoms with Gasteiger partial charge in [0.05, 0.1) is 7.11 Å². The monoisotopic (exact) mass is 457 g/mol. The molecule has 2 heterocycles. The SMILES string of the molecule is C/C=C\C1=C(C)N2C(=O)[C@@H](NC(=O)C(N/C(C)=C/C(=O)OC)c3ccc(O)cc3)[C@H]2SC1. The number of ether oxygens (including phenoxy) is 1. The van der Waals surface area contributed by atoms with E-state index >= 15 is 0 Å². The smallest absolute Gasteiger partial charge is 0.332 e. The molecule has 2 aliphatic heterocycles. The Morgan fingerprint density at radius 2 is 2.00 bits per heavy atom. The number of carbonyl (C=O) groups is 3. The molecular formula is C23H27N3O5S. The molecule has 8 nitrogen and oxygen atoms in total. The molecule has 1 aromatic carbocycles. The van der Waals surface area contributed by atoms with Crippen LogP contribution in [0.1, 0.15) is 32.4 Å². The maximum Gasteiger partial charge on any atom is 0.332 e. The fraction of sp³-hybridized carbons (Fsp3) is 0.348. The summed E-state index contributed by atoms with van der Waals surface area (Å²) in [6, 6.07) is 4.65. The van der Waals surface area contributed by atoms with Crippen molar-refractivity contribution in [2.24, 2.45) is 0 Å². The summed E-state index contributed by atoms with van der Waals surface area (Å²) in [5, 5.41) is 15.3. The number of thioether (sulfide) groups is 1. The van der Waals surface area contributed by atoms with E-state index < -0.39 is 24.0 Å². The molecule has 0 spiro atoms. The third-order valence-corrected chi connectivity index (χ3v) is 6.64. The summed E-state index contributed by atoms with van der Waals surface area (Å²) in [6.07, 6.45) is 5.19. The number of nitrogens with one attached hydrogen (secondary N) is 2. The number of phenols is 1.